The van der Waals surface area contributed by atoms with Crippen molar-refractivity contribution in [2.24, 2.45) is 0 Å². The molecule has 0 radical (unpaired) electrons. The summed E-state index contributed by atoms with van der Waals surface area (Å²) in [5.41, 5.74) is 2.28. The highest BCUT2D eigenvalue weighted by Crippen LogP contribution is 2.15. The highest BCUT2D eigenvalue weighted by Gasteiger charge is 2.17. The smallest absolute Gasteiger partial charge is 0.240 e. The molecule has 1 aliphatic rings. The van der Waals surface area contributed by atoms with Crippen molar-refractivity contribution in [2.75, 3.05) is 32.0 Å². The maximum absolute atomic E-state index is 12.1. The van der Waals surface area contributed by atoms with Gasteiger partial charge in [-0.1, -0.05) is 6.42 Å². The molecule has 2 heterocycles. The van der Waals surface area contributed by atoms with Crippen molar-refractivity contribution in [2.45, 2.75) is 19.3 Å². The summed E-state index contributed by atoms with van der Waals surface area (Å²) < 4.78 is 0. The zero-order valence-electron chi connectivity index (χ0n) is 12.2. The monoisotopic (exact) mass is 288 g/mol. The number of hydrogen-bond donors (Lipinski definition) is 2. The number of H-pyrrole nitrogens is 1. The number of aromatic amines is 1. The Morgan fingerprint density at radius 3 is 2.86 bits per heavy atom. The van der Waals surface area contributed by atoms with Gasteiger partial charge in [0.2, 0.25) is 5.91 Å². The lowest BCUT2D eigenvalue weighted by Crippen LogP contribution is -2.46. The Kier molecular flexibility index (Phi) is 4.12. The number of hydrazine groups is 1. The lowest BCUT2D eigenvalue weighted by Gasteiger charge is -2.34. The number of carbonyl (C=O) groups is 1. The van der Waals surface area contributed by atoms with Crippen LogP contribution >= 0.6 is 0 Å². The van der Waals surface area contributed by atoms with Crippen LogP contribution < -0.4 is 5.32 Å². The molecule has 2 N–H and O–H groups in total. The first-order valence-electron chi connectivity index (χ1n) is 7.29. The lowest BCUT2D eigenvalue weighted by molar-refractivity contribution is -0.122. The molecule has 0 bridgehead atoms. The largest absolute Gasteiger partial charge is 0.325 e. The molecule has 0 atom stereocenters. The minimum Gasteiger partial charge on any atom is -0.325 e. The van der Waals surface area contributed by atoms with Crippen LogP contribution in [0.25, 0.3) is 11.0 Å². The van der Waals surface area contributed by atoms with Gasteiger partial charge in [0.05, 0.1) is 6.54 Å². The number of carbonyl (C=O) groups excluding carboxylic acids is 1. The summed E-state index contributed by atoms with van der Waals surface area (Å²) in [6, 6.07) is 5.49. The van der Waals surface area contributed by atoms with Crippen LogP contribution in [0.2, 0.25) is 0 Å². The number of nitrogens with one attached hydrogen (secondary N) is 2. The Morgan fingerprint density at radius 1 is 1.29 bits per heavy atom. The van der Waals surface area contributed by atoms with Gasteiger partial charge in [0.1, 0.15) is 11.0 Å². The number of aromatic nitrogens is 3. The number of piperidine rings is 1. The molecule has 1 aromatic carbocycles. The van der Waals surface area contributed by atoms with E-state index in [1.54, 1.807) is 0 Å². The summed E-state index contributed by atoms with van der Waals surface area (Å²) in [5.74, 6) is -0.0223. The highest BCUT2D eigenvalue weighted by atomic mass is 16.2. The maximum atomic E-state index is 12.1. The molecule has 0 aliphatic carbocycles. The van der Waals surface area contributed by atoms with E-state index in [0.717, 1.165) is 29.8 Å². The van der Waals surface area contributed by atoms with Crippen molar-refractivity contribution in [3.8, 4) is 0 Å². The number of hydrogen-bond acceptors (Lipinski definition) is 5. The predicted molar refractivity (Wildman–Crippen MR) is 80.6 cm³/mol. The Hall–Kier alpha value is -1.99. The van der Waals surface area contributed by atoms with E-state index in [1.807, 2.05) is 30.3 Å². The van der Waals surface area contributed by atoms with Crippen molar-refractivity contribution >= 4 is 22.6 Å². The normalized spacial score (nSPS) is 16.5. The minimum atomic E-state index is -0.0223. The van der Waals surface area contributed by atoms with Crippen LogP contribution in [0.3, 0.4) is 0 Å². The quantitative estimate of drug-likeness (QED) is 0.885. The van der Waals surface area contributed by atoms with E-state index < -0.39 is 0 Å². The first-order chi connectivity index (χ1) is 10.2. The fourth-order valence-electron chi connectivity index (χ4n) is 2.65. The number of benzene rings is 1. The van der Waals surface area contributed by atoms with E-state index in [-0.39, 0.29) is 5.91 Å². The summed E-state index contributed by atoms with van der Waals surface area (Å²) in [7, 11) is 1.96. The van der Waals surface area contributed by atoms with E-state index in [1.165, 1.54) is 19.3 Å². The second-order valence-electron chi connectivity index (χ2n) is 5.41. The molecule has 0 saturated carbocycles. The number of anilines is 1. The summed E-state index contributed by atoms with van der Waals surface area (Å²) in [4.78, 5) is 12.1. The standard InChI is InChI=1S/C14H20N6O/c1-19(20-7-3-2-4-8-20)10-14(21)15-11-5-6-12-13(9-11)17-18-16-12/h5-6,9H,2-4,7-8,10H2,1H3,(H,15,21)(H,16,17,18). The van der Waals surface area contributed by atoms with Crippen molar-refractivity contribution in [3.05, 3.63) is 18.2 Å². The van der Waals surface area contributed by atoms with Gasteiger partial charge in [0.15, 0.2) is 0 Å². The average molecular weight is 288 g/mol. The van der Waals surface area contributed by atoms with Crippen LogP contribution in [0.4, 0.5) is 5.69 Å². The highest BCUT2D eigenvalue weighted by molar-refractivity contribution is 5.94. The third-order valence-corrected chi connectivity index (χ3v) is 3.79. The minimum absolute atomic E-state index is 0.0223. The van der Waals surface area contributed by atoms with Gasteiger partial charge in [-0.15, -0.1) is 0 Å². The van der Waals surface area contributed by atoms with Gasteiger partial charge >= 0.3 is 0 Å². The van der Waals surface area contributed by atoms with E-state index in [2.05, 4.69) is 25.7 Å². The summed E-state index contributed by atoms with van der Waals surface area (Å²) >= 11 is 0. The molecule has 1 amide bonds. The number of nitrogens with zero attached hydrogens (tertiary/aromatic N) is 4. The van der Waals surface area contributed by atoms with Gasteiger partial charge in [-0.2, -0.15) is 15.4 Å². The van der Waals surface area contributed by atoms with E-state index in [4.69, 9.17) is 0 Å². The summed E-state index contributed by atoms with van der Waals surface area (Å²) in [5, 5.41) is 17.7. The third-order valence-electron chi connectivity index (χ3n) is 3.79. The zero-order chi connectivity index (χ0) is 14.7. The Balaban J connectivity index is 1.57. The van der Waals surface area contributed by atoms with E-state index in [9.17, 15) is 4.79 Å². The topological polar surface area (TPSA) is 77.1 Å². The van der Waals surface area contributed by atoms with Gasteiger partial charge < -0.3 is 5.32 Å². The van der Waals surface area contributed by atoms with Gasteiger partial charge in [-0.05, 0) is 31.0 Å². The van der Waals surface area contributed by atoms with Crippen molar-refractivity contribution < 1.29 is 4.79 Å². The Labute approximate surface area is 123 Å². The Bertz CT molecular complexity index is 619. The second-order valence-corrected chi connectivity index (χ2v) is 5.41. The number of likely N-dealkylation sites (N-methyl/N-ethyl adjacent to an activating group) is 1. The molecular formula is C14H20N6O. The SMILES string of the molecule is CN(CC(=O)Nc1ccc2n[nH]nc2c1)N1CCCCC1. The van der Waals surface area contributed by atoms with Crippen LogP contribution in [0.5, 0.6) is 0 Å². The van der Waals surface area contributed by atoms with Crippen LogP contribution in [0.15, 0.2) is 18.2 Å². The molecule has 1 aromatic heterocycles. The Morgan fingerprint density at radius 2 is 2.05 bits per heavy atom. The molecule has 1 fully saturated rings. The predicted octanol–water partition coefficient (Wildman–Crippen LogP) is 1.23. The molecule has 1 aliphatic heterocycles. The van der Waals surface area contributed by atoms with Crippen molar-refractivity contribution in [1.82, 2.24) is 25.4 Å². The molecule has 0 spiro atoms. The molecule has 2 aromatic rings. The average Bonchev–Trinajstić information content (AvgIpc) is 2.95. The fraction of sp³-hybridized carbons (Fsp3) is 0.500. The molecule has 112 valence electrons. The molecule has 21 heavy (non-hydrogen) atoms. The first kappa shape index (κ1) is 14.0. The molecule has 3 rings (SSSR count). The fourth-order valence-corrected chi connectivity index (χ4v) is 2.65. The third kappa shape index (κ3) is 3.37. The van der Waals surface area contributed by atoms with Gasteiger partial charge in [0.25, 0.3) is 0 Å². The number of rotatable bonds is 4. The second kappa shape index (κ2) is 6.19. The van der Waals surface area contributed by atoms with Crippen molar-refractivity contribution in [1.29, 1.82) is 0 Å². The maximum Gasteiger partial charge on any atom is 0.240 e. The molecular weight excluding hydrogens is 268 g/mol. The van der Waals surface area contributed by atoms with E-state index >= 15 is 0 Å². The first-order valence-corrected chi connectivity index (χ1v) is 7.29. The molecule has 0 unspecified atom stereocenters. The molecule has 7 nitrogen and oxygen atoms in total. The van der Waals surface area contributed by atoms with E-state index in [0.29, 0.717) is 6.54 Å². The van der Waals surface area contributed by atoms with Crippen LogP contribution in [0.1, 0.15) is 19.3 Å². The van der Waals surface area contributed by atoms with Crippen LogP contribution in [-0.4, -0.2) is 58.0 Å². The van der Waals surface area contributed by atoms with Crippen LogP contribution in [-0.2, 0) is 4.79 Å². The zero-order valence-corrected chi connectivity index (χ0v) is 12.2. The summed E-state index contributed by atoms with van der Waals surface area (Å²) in [6.07, 6.45) is 3.69. The molecule has 7 heteroatoms. The lowest BCUT2D eigenvalue weighted by atomic mass is 10.2. The van der Waals surface area contributed by atoms with Gasteiger partial charge in [0, 0.05) is 25.8 Å². The van der Waals surface area contributed by atoms with Gasteiger partial charge in [-0.25, -0.2) is 10.0 Å². The summed E-state index contributed by atoms with van der Waals surface area (Å²) in [6.45, 7) is 2.43. The number of amides is 1. The van der Waals surface area contributed by atoms with Crippen LogP contribution in [0, 0.1) is 0 Å². The number of fused-ring (bicyclic) bond motifs is 1. The van der Waals surface area contributed by atoms with Gasteiger partial charge in [-0.3, -0.25) is 4.79 Å². The van der Waals surface area contributed by atoms with Crippen molar-refractivity contribution in [3.63, 3.8) is 0 Å². The molecule has 1 saturated heterocycles.